The lowest BCUT2D eigenvalue weighted by molar-refractivity contribution is 0.0110. The van der Waals surface area contributed by atoms with E-state index < -0.39 is 55.7 Å². The van der Waals surface area contributed by atoms with Crippen LogP contribution in [0, 0.1) is 23.4 Å². The molecule has 1 aliphatic heterocycles. The number of hydrogen-bond donors (Lipinski definition) is 0. The van der Waals surface area contributed by atoms with Gasteiger partial charge in [0.05, 0.1) is 32.4 Å². The molecule has 1 aromatic heterocycles. The summed E-state index contributed by atoms with van der Waals surface area (Å²) in [4.78, 5) is 17.4. The van der Waals surface area contributed by atoms with Crippen LogP contribution >= 0.6 is 23.1 Å². The van der Waals surface area contributed by atoms with Crippen LogP contribution in [0.2, 0.25) is 5.02 Å². The lowest BCUT2D eigenvalue weighted by Gasteiger charge is -2.39. The van der Waals surface area contributed by atoms with Gasteiger partial charge >= 0.3 is 6.09 Å². The van der Waals surface area contributed by atoms with Crippen LogP contribution in [0.5, 0.6) is 17.2 Å². The number of aromatic nitrogens is 2. The highest BCUT2D eigenvalue weighted by atomic mass is 35.5. The summed E-state index contributed by atoms with van der Waals surface area (Å²) in [6.07, 6.45) is 0.976. The first-order valence-corrected chi connectivity index (χ1v) is 18.3. The monoisotopic (exact) mass is 768 g/mol. The van der Waals surface area contributed by atoms with Crippen molar-refractivity contribution in [1.29, 1.82) is 0 Å². The highest BCUT2D eigenvalue weighted by Gasteiger charge is 2.36. The highest BCUT2D eigenvalue weighted by Crippen LogP contribution is 2.37. The molecule has 0 N–H and O–H groups in total. The Bertz CT molecular complexity index is 1980. The molecule has 1 fully saturated rings. The van der Waals surface area contributed by atoms with Gasteiger partial charge < -0.3 is 23.8 Å². The zero-order valence-corrected chi connectivity index (χ0v) is 30.8. The van der Waals surface area contributed by atoms with Crippen molar-refractivity contribution >= 4 is 44.4 Å². The van der Waals surface area contributed by atoms with Crippen LogP contribution in [0.25, 0.3) is 0 Å². The summed E-state index contributed by atoms with van der Waals surface area (Å²) in [5.74, 6) is -3.72. The second kappa shape index (κ2) is 15.5. The molecule has 0 aliphatic carbocycles. The summed E-state index contributed by atoms with van der Waals surface area (Å²) in [7, 11) is -1.88. The van der Waals surface area contributed by atoms with Crippen molar-refractivity contribution in [3.8, 4) is 17.2 Å². The van der Waals surface area contributed by atoms with E-state index in [-0.39, 0.29) is 35.8 Å². The summed E-state index contributed by atoms with van der Waals surface area (Å²) in [5.41, 5.74) is 0.277. The van der Waals surface area contributed by atoms with E-state index in [0.717, 1.165) is 22.2 Å². The number of halogens is 4. The third-order valence-corrected chi connectivity index (χ3v) is 11.0. The van der Waals surface area contributed by atoms with Crippen LogP contribution in [0.15, 0.2) is 59.8 Å². The summed E-state index contributed by atoms with van der Waals surface area (Å²) < 4.78 is 100. The van der Waals surface area contributed by atoms with Crippen molar-refractivity contribution < 1.29 is 45.3 Å². The molecule has 4 aromatic rings. The lowest BCUT2D eigenvalue weighted by Crippen LogP contribution is -2.46. The number of nitrogens with zero attached hydrogens (tertiary/aromatic N) is 4. The van der Waals surface area contributed by atoms with E-state index in [1.54, 1.807) is 45.0 Å². The Morgan fingerprint density at radius 3 is 2.39 bits per heavy atom. The lowest BCUT2D eigenvalue weighted by atomic mass is 9.81. The molecule has 2 atom stereocenters. The van der Waals surface area contributed by atoms with Crippen molar-refractivity contribution in [3.63, 3.8) is 0 Å². The van der Waals surface area contributed by atoms with Gasteiger partial charge in [-0.2, -0.15) is 4.37 Å². The Hall–Kier alpha value is -4.28. The zero-order valence-electron chi connectivity index (χ0n) is 28.4. The van der Waals surface area contributed by atoms with E-state index in [0.29, 0.717) is 47.7 Å². The fourth-order valence-electron chi connectivity index (χ4n) is 5.69. The van der Waals surface area contributed by atoms with Gasteiger partial charge in [-0.05, 0) is 68.5 Å². The molecule has 0 unspecified atom stereocenters. The van der Waals surface area contributed by atoms with Gasteiger partial charge in [0.2, 0.25) is 5.13 Å². The van der Waals surface area contributed by atoms with Gasteiger partial charge in [0.1, 0.15) is 28.5 Å². The first-order chi connectivity index (χ1) is 24.1. The minimum Gasteiger partial charge on any atom is -0.493 e. The first kappa shape index (κ1) is 38.0. The van der Waals surface area contributed by atoms with E-state index in [9.17, 15) is 17.6 Å². The maximum absolute atomic E-state index is 15.8. The molecule has 1 aliphatic rings. The average molecular weight is 769 g/mol. The van der Waals surface area contributed by atoms with E-state index in [1.807, 2.05) is 0 Å². The van der Waals surface area contributed by atoms with Gasteiger partial charge in [-0.15, -0.1) is 0 Å². The molecule has 1 amide bonds. The number of methoxy groups -OCH3 is 2. The number of anilines is 1. The van der Waals surface area contributed by atoms with E-state index >= 15 is 8.78 Å². The summed E-state index contributed by atoms with van der Waals surface area (Å²) in [5, 5.41) is -0.139. The Labute approximate surface area is 303 Å². The third-order valence-electron chi connectivity index (χ3n) is 8.10. The quantitative estimate of drug-likeness (QED) is 0.153. The van der Waals surface area contributed by atoms with Crippen molar-refractivity contribution in [2.75, 3.05) is 38.2 Å². The van der Waals surface area contributed by atoms with Crippen molar-refractivity contribution in [3.05, 3.63) is 88.5 Å². The minimum atomic E-state index is -4.75. The predicted molar refractivity (Wildman–Crippen MR) is 185 cm³/mol. The normalized spacial score (nSPS) is 16.5. The second-order valence-corrected chi connectivity index (χ2v) is 15.7. The topological polar surface area (TPSA) is 120 Å². The molecule has 274 valence electrons. The van der Waals surface area contributed by atoms with Gasteiger partial charge in [-0.1, -0.05) is 23.7 Å². The zero-order chi connectivity index (χ0) is 37.1. The molecular weight excluding hydrogens is 733 g/mol. The van der Waals surface area contributed by atoms with Crippen LogP contribution in [0.1, 0.15) is 44.2 Å². The molecule has 0 bridgehead atoms. The van der Waals surface area contributed by atoms with Crippen molar-refractivity contribution in [2.45, 2.75) is 50.2 Å². The Morgan fingerprint density at radius 1 is 1.00 bits per heavy atom. The van der Waals surface area contributed by atoms with E-state index in [2.05, 4.69) is 9.36 Å². The molecular formula is C34H36ClF3N4O7S2. The second-order valence-electron chi connectivity index (χ2n) is 12.7. The van der Waals surface area contributed by atoms with Crippen molar-refractivity contribution in [1.82, 2.24) is 14.3 Å². The SMILES string of the molecule is COc1ccc(CN(c2ncns2)S(=O)(=O)c2cc(F)c(OC[C@H]3CN(C(=O)OC(C)(C)C)CC[C@@H]3c3ccc(Cl)c(F)c3)cc2F)cc1OC. The van der Waals surface area contributed by atoms with Crippen LogP contribution in [-0.4, -0.2) is 68.3 Å². The number of piperidine rings is 1. The molecule has 0 saturated carbocycles. The van der Waals surface area contributed by atoms with E-state index in [1.165, 1.54) is 31.3 Å². The highest BCUT2D eigenvalue weighted by molar-refractivity contribution is 7.93. The Kier molecular flexibility index (Phi) is 11.6. The van der Waals surface area contributed by atoms with E-state index in [4.69, 9.17) is 30.5 Å². The number of hydrogen-bond acceptors (Lipinski definition) is 10. The molecule has 5 rings (SSSR count). The van der Waals surface area contributed by atoms with Crippen LogP contribution in [0.4, 0.5) is 23.1 Å². The minimum absolute atomic E-state index is 0.0567. The fraction of sp³-hybridized carbons (Fsp3) is 0.382. The van der Waals surface area contributed by atoms with Crippen molar-refractivity contribution in [2.24, 2.45) is 5.92 Å². The van der Waals surface area contributed by atoms with Gasteiger partial charge in [0.25, 0.3) is 10.0 Å². The number of carbonyl (C=O) groups excluding carboxylic acids is 1. The number of benzene rings is 3. The predicted octanol–water partition coefficient (Wildman–Crippen LogP) is 7.44. The van der Waals surface area contributed by atoms with Crippen LogP contribution < -0.4 is 18.5 Å². The molecule has 2 heterocycles. The number of rotatable bonds is 11. The molecule has 0 radical (unpaired) electrons. The number of sulfonamides is 1. The molecule has 51 heavy (non-hydrogen) atoms. The molecule has 1 saturated heterocycles. The Balaban J connectivity index is 1.41. The average Bonchev–Trinajstić information content (AvgIpc) is 3.62. The van der Waals surface area contributed by atoms with Gasteiger partial charge in [0, 0.05) is 42.7 Å². The number of likely N-dealkylation sites (tertiary alicyclic amines) is 1. The van der Waals surface area contributed by atoms with Gasteiger partial charge in [-0.25, -0.2) is 35.7 Å². The maximum atomic E-state index is 15.8. The molecule has 3 aromatic carbocycles. The van der Waals surface area contributed by atoms with Gasteiger partial charge in [-0.3, -0.25) is 0 Å². The molecule has 11 nitrogen and oxygen atoms in total. The smallest absolute Gasteiger partial charge is 0.410 e. The number of carbonyl (C=O) groups is 1. The number of amides is 1. The molecule has 17 heteroatoms. The van der Waals surface area contributed by atoms with Crippen LogP contribution in [-0.2, 0) is 21.3 Å². The van der Waals surface area contributed by atoms with Gasteiger partial charge in [0.15, 0.2) is 23.1 Å². The third kappa shape index (κ3) is 8.79. The fourth-order valence-corrected chi connectivity index (χ4v) is 8.00. The maximum Gasteiger partial charge on any atom is 0.410 e. The summed E-state index contributed by atoms with van der Waals surface area (Å²) >= 11 is 6.66. The number of ether oxygens (including phenoxy) is 4. The standard InChI is InChI=1S/C34H36ClF3N4O7S2/c1-34(2,3)49-33(43)41-11-10-23(21-7-8-24(35)25(36)13-21)22(17-41)18-48-29-14-27(38)31(15-26(29)37)51(44,45)42(32-39-19-40-50-32)16-20-6-9-28(46-4)30(12-20)47-5/h6-9,12-15,19,22-23H,10-11,16-18H2,1-5H3/t22-,23-/m1/s1. The molecule has 0 spiro atoms. The largest absolute Gasteiger partial charge is 0.493 e. The Morgan fingerprint density at radius 2 is 1.75 bits per heavy atom. The summed E-state index contributed by atoms with van der Waals surface area (Å²) in [6.45, 7) is 5.06. The summed E-state index contributed by atoms with van der Waals surface area (Å²) in [6, 6.07) is 10.3. The first-order valence-electron chi connectivity index (χ1n) is 15.7. The van der Waals surface area contributed by atoms with Crippen LogP contribution in [0.3, 0.4) is 0 Å².